The summed E-state index contributed by atoms with van der Waals surface area (Å²) < 4.78 is 1.70. The van der Waals surface area contributed by atoms with Crippen molar-refractivity contribution in [3.05, 3.63) is 82.3 Å². The number of aromatic nitrogens is 4. The third kappa shape index (κ3) is 4.43. The number of hydrogen-bond acceptors (Lipinski definition) is 5. The third-order valence-corrected chi connectivity index (χ3v) is 6.10. The molecule has 5 rings (SSSR count). The smallest absolute Gasteiger partial charge is 0.263 e. The van der Waals surface area contributed by atoms with Gasteiger partial charge in [-0.15, -0.1) is 0 Å². The molecule has 32 heavy (non-hydrogen) atoms. The summed E-state index contributed by atoms with van der Waals surface area (Å²) >= 11 is 0. The lowest BCUT2D eigenvalue weighted by Crippen LogP contribution is -2.25. The largest absolute Gasteiger partial charge is 0.352 e. The first-order valence-electron chi connectivity index (χ1n) is 11.3. The molecule has 0 unspecified atom stereocenters. The van der Waals surface area contributed by atoms with Gasteiger partial charge in [0.1, 0.15) is 5.39 Å². The number of H-pyrrole nitrogens is 1. The predicted octanol–water partition coefficient (Wildman–Crippen LogP) is 4.10. The average molecular weight is 429 g/mol. The van der Waals surface area contributed by atoms with Crippen LogP contribution < -0.4 is 10.9 Å². The standard InChI is InChI=1S/C25H28N6O/c32-24-22-17-27-31(21-12-4-3-5-13-21)23(22)28-25(29-24)26-16-19-10-6-7-11-20(19)18-30-14-8-1-2-9-15-30/h3-7,10-13,17H,1-2,8-9,14-16,18H2,(H2,26,28,29,32). The molecule has 1 aliphatic rings. The molecule has 164 valence electrons. The van der Waals surface area contributed by atoms with Gasteiger partial charge in [0.05, 0.1) is 11.9 Å². The Morgan fingerprint density at radius 2 is 1.62 bits per heavy atom. The highest BCUT2D eigenvalue weighted by Gasteiger charge is 2.13. The van der Waals surface area contributed by atoms with Crippen LogP contribution in [-0.4, -0.2) is 37.7 Å². The van der Waals surface area contributed by atoms with Gasteiger partial charge in [0.2, 0.25) is 5.95 Å². The summed E-state index contributed by atoms with van der Waals surface area (Å²) in [5.74, 6) is 0.449. The maximum atomic E-state index is 12.6. The van der Waals surface area contributed by atoms with E-state index < -0.39 is 0 Å². The van der Waals surface area contributed by atoms with Gasteiger partial charge in [0.25, 0.3) is 5.56 Å². The Labute approximate surface area is 187 Å². The molecule has 0 amide bonds. The molecule has 1 fully saturated rings. The summed E-state index contributed by atoms with van der Waals surface area (Å²) in [5.41, 5.74) is 3.75. The van der Waals surface area contributed by atoms with E-state index in [1.807, 2.05) is 30.3 Å². The molecule has 0 atom stereocenters. The summed E-state index contributed by atoms with van der Waals surface area (Å²) in [4.78, 5) is 22.7. The molecule has 0 saturated carbocycles. The van der Waals surface area contributed by atoms with Crippen LogP contribution in [0.1, 0.15) is 36.8 Å². The van der Waals surface area contributed by atoms with Crippen molar-refractivity contribution < 1.29 is 0 Å². The van der Waals surface area contributed by atoms with Crippen LogP contribution in [0, 0.1) is 0 Å². The quantitative estimate of drug-likeness (QED) is 0.483. The van der Waals surface area contributed by atoms with Crippen LogP contribution >= 0.6 is 0 Å². The minimum Gasteiger partial charge on any atom is -0.352 e. The maximum Gasteiger partial charge on any atom is 0.263 e. The van der Waals surface area contributed by atoms with Gasteiger partial charge >= 0.3 is 0 Å². The number of aromatic amines is 1. The highest BCUT2D eigenvalue weighted by Crippen LogP contribution is 2.18. The molecule has 3 heterocycles. The van der Waals surface area contributed by atoms with Crippen LogP contribution in [-0.2, 0) is 13.1 Å². The summed E-state index contributed by atoms with van der Waals surface area (Å²) in [7, 11) is 0. The van der Waals surface area contributed by atoms with E-state index in [1.165, 1.54) is 36.8 Å². The Morgan fingerprint density at radius 3 is 2.41 bits per heavy atom. The first-order chi connectivity index (χ1) is 15.8. The highest BCUT2D eigenvalue weighted by molar-refractivity contribution is 5.76. The van der Waals surface area contributed by atoms with Crippen LogP contribution in [0.25, 0.3) is 16.7 Å². The van der Waals surface area contributed by atoms with Crippen LogP contribution in [0.5, 0.6) is 0 Å². The highest BCUT2D eigenvalue weighted by atomic mass is 16.1. The van der Waals surface area contributed by atoms with Crippen molar-refractivity contribution in [1.29, 1.82) is 0 Å². The van der Waals surface area contributed by atoms with Crippen LogP contribution in [0.2, 0.25) is 0 Å². The fraction of sp³-hybridized carbons (Fsp3) is 0.320. The van der Waals surface area contributed by atoms with Crippen LogP contribution in [0.3, 0.4) is 0 Å². The molecule has 0 aliphatic carbocycles. The summed E-state index contributed by atoms with van der Waals surface area (Å²) in [6, 6.07) is 18.2. The summed E-state index contributed by atoms with van der Waals surface area (Å²) in [5, 5.41) is 8.17. The van der Waals surface area contributed by atoms with Crippen molar-refractivity contribution in [2.75, 3.05) is 18.4 Å². The zero-order chi connectivity index (χ0) is 21.8. The zero-order valence-electron chi connectivity index (χ0n) is 18.1. The first-order valence-corrected chi connectivity index (χ1v) is 11.3. The summed E-state index contributed by atoms with van der Waals surface area (Å²) in [6.07, 6.45) is 6.79. The normalized spacial score (nSPS) is 15.0. The van der Waals surface area contributed by atoms with E-state index in [2.05, 4.69) is 49.5 Å². The Bertz CT molecular complexity index is 1240. The molecule has 2 N–H and O–H groups in total. The van der Waals surface area contributed by atoms with Gasteiger partial charge in [-0.3, -0.25) is 14.7 Å². The minimum atomic E-state index is -0.197. The Kier molecular flexibility index (Phi) is 5.98. The van der Waals surface area contributed by atoms with E-state index in [1.54, 1.807) is 10.9 Å². The monoisotopic (exact) mass is 428 g/mol. The van der Waals surface area contributed by atoms with Crippen LogP contribution in [0.4, 0.5) is 5.95 Å². The molecule has 0 bridgehead atoms. The van der Waals surface area contributed by atoms with Gasteiger partial charge in [-0.2, -0.15) is 10.1 Å². The molecule has 0 spiro atoms. The van der Waals surface area contributed by atoms with Crippen molar-refractivity contribution in [3.8, 4) is 5.69 Å². The van der Waals surface area contributed by atoms with Crippen molar-refractivity contribution in [2.45, 2.75) is 38.8 Å². The molecule has 1 aliphatic heterocycles. The molecular formula is C25H28N6O. The van der Waals surface area contributed by atoms with E-state index in [4.69, 9.17) is 0 Å². The average Bonchev–Trinajstić information content (AvgIpc) is 3.09. The summed E-state index contributed by atoms with van der Waals surface area (Å²) in [6.45, 7) is 3.88. The number of hydrogen-bond donors (Lipinski definition) is 2. The second-order valence-electron chi connectivity index (χ2n) is 8.36. The number of fused-ring (bicyclic) bond motifs is 1. The van der Waals surface area contributed by atoms with E-state index in [-0.39, 0.29) is 5.56 Å². The van der Waals surface area contributed by atoms with E-state index >= 15 is 0 Å². The zero-order valence-corrected chi connectivity index (χ0v) is 18.1. The second kappa shape index (κ2) is 9.36. The predicted molar refractivity (Wildman–Crippen MR) is 127 cm³/mol. The molecule has 4 aromatic rings. The molecule has 2 aromatic carbocycles. The molecule has 0 radical (unpaired) electrons. The van der Waals surface area contributed by atoms with Crippen LogP contribution in [0.15, 0.2) is 65.6 Å². The van der Waals surface area contributed by atoms with Gasteiger partial charge in [0, 0.05) is 13.1 Å². The lowest BCUT2D eigenvalue weighted by molar-refractivity contribution is 0.276. The Morgan fingerprint density at radius 1 is 0.906 bits per heavy atom. The molecule has 7 nitrogen and oxygen atoms in total. The molecular weight excluding hydrogens is 400 g/mol. The van der Waals surface area contributed by atoms with Crippen molar-refractivity contribution in [1.82, 2.24) is 24.6 Å². The van der Waals surface area contributed by atoms with Gasteiger partial charge < -0.3 is 5.32 Å². The number of benzene rings is 2. The molecule has 2 aromatic heterocycles. The van der Waals surface area contributed by atoms with E-state index in [0.717, 1.165) is 25.3 Å². The fourth-order valence-electron chi connectivity index (χ4n) is 4.36. The van der Waals surface area contributed by atoms with Gasteiger partial charge in [-0.05, 0) is 49.2 Å². The van der Waals surface area contributed by atoms with E-state index in [0.29, 0.717) is 23.5 Å². The topological polar surface area (TPSA) is 78.8 Å². The number of likely N-dealkylation sites (tertiary alicyclic amines) is 1. The number of para-hydroxylation sites is 1. The number of nitrogens with one attached hydrogen (secondary N) is 2. The third-order valence-electron chi connectivity index (χ3n) is 6.10. The second-order valence-corrected chi connectivity index (χ2v) is 8.36. The van der Waals surface area contributed by atoms with Gasteiger partial charge in [0.15, 0.2) is 5.65 Å². The molecule has 7 heteroatoms. The van der Waals surface area contributed by atoms with Crippen molar-refractivity contribution in [2.24, 2.45) is 0 Å². The number of nitrogens with zero attached hydrogens (tertiary/aromatic N) is 4. The minimum absolute atomic E-state index is 0.197. The lowest BCUT2D eigenvalue weighted by Gasteiger charge is -2.21. The lowest BCUT2D eigenvalue weighted by atomic mass is 10.1. The van der Waals surface area contributed by atoms with Gasteiger partial charge in [-0.1, -0.05) is 55.3 Å². The van der Waals surface area contributed by atoms with Crippen molar-refractivity contribution >= 4 is 17.0 Å². The van der Waals surface area contributed by atoms with Gasteiger partial charge in [-0.25, -0.2) is 4.68 Å². The number of anilines is 1. The number of rotatable bonds is 6. The fourth-order valence-corrected chi connectivity index (χ4v) is 4.36. The molecule has 1 saturated heterocycles. The maximum absolute atomic E-state index is 12.6. The van der Waals surface area contributed by atoms with Crippen molar-refractivity contribution in [3.63, 3.8) is 0 Å². The Balaban J connectivity index is 1.37. The first kappa shape index (κ1) is 20.5. The van der Waals surface area contributed by atoms with E-state index in [9.17, 15) is 4.79 Å². The SMILES string of the molecule is O=c1[nH]c(NCc2ccccc2CN2CCCCCC2)nc2c1cnn2-c1ccccc1. The Hall–Kier alpha value is -3.45.